The number of benzene rings is 1. The van der Waals surface area contributed by atoms with Crippen LogP contribution in [0.4, 0.5) is 27.8 Å². The van der Waals surface area contributed by atoms with Gasteiger partial charge in [-0.15, -0.1) is 0 Å². The molecular formula is C21H15F5N4O4. The number of fused-ring (bicyclic) bond motifs is 3. The third kappa shape index (κ3) is 4.14. The van der Waals surface area contributed by atoms with Gasteiger partial charge in [-0.25, -0.2) is 13.6 Å². The number of pyridine rings is 1. The van der Waals surface area contributed by atoms with Gasteiger partial charge in [0, 0.05) is 24.9 Å². The lowest BCUT2D eigenvalue weighted by Gasteiger charge is -2.15. The first-order valence-corrected chi connectivity index (χ1v) is 10.0. The minimum absolute atomic E-state index is 0.0265. The van der Waals surface area contributed by atoms with Crippen LogP contribution in [0.1, 0.15) is 11.3 Å². The maximum Gasteiger partial charge on any atom is 0.433 e. The molecule has 0 aliphatic carbocycles. The van der Waals surface area contributed by atoms with Crippen LogP contribution in [0, 0.1) is 11.6 Å². The monoisotopic (exact) mass is 482 g/mol. The Morgan fingerprint density at radius 1 is 1.15 bits per heavy atom. The molecule has 1 fully saturated rings. The highest BCUT2D eigenvalue weighted by molar-refractivity contribution is 5.47. The zero-order valence-electron chi connectivity index (χ0n) is 17.2. The van der Waals surface area contributed by atoms with E-state index in [1.807, 2.05) is 4.90 Å². The summed E-state index contributed by atoms with van der Waals surface area (Å²) >= 11 is 0. The predicted molar refractivity (Wildman–Crippen MR) is 106 cm³/mol. The Hall–Kier alpha value is -3.74. The van der Waals surface area contributed by atoms with E-state index < -0.39 is 40.7 Å². The van der Waals surface area contributed by atoms with E-state index in [4.69, 9.17) is 14.2 Å². The Balaban J connectivity index is 1.32. The fraction of sp³-hybridized carbons (Fsp3) is 0.286. The smallest absolute Gasteiger partial charge is 0.433 e. The summed E-state index contributed by atoms with van der Waals surface area (Å²) in [6, 6.07) is 4.94. The zero-order chi connectivity index (χ0) is 24.0. The first-order valence-electron chi connectivity index (χ1n) is 10.0. The Morgan fingerprint density at radius 2 is 1.91 bits per heavy atom. The summed E-state index contributed by atoms with van der Waals surface area (Å²) in [6.07, 6.45) is -4.17. The van der Waals surface area contributed by atoms with E-state index in [1.54, 1.807) is 6.07 Å². The molecule has 0 N–H and O–H groups in total. The molecule has 0 spiro atoms. The lowest BCUT2D eigenvalue weighted by atomic mass is 10.2. The van der Waals surface area contributed by atoms with Crippen molar-refractivity contribution in [2.45, 2.75) is 25.6 Å². The maximum atomic E-state index is 14.5. The van der Waals surface area contributed by atoms with Crippen molar-refractivity contribution in [2.75, 3.05) is 18.1 Å². The van der Waals surface area contributed by atoms with Crippen molar-refractivity contribution in [3.8, 4) is 17.4 Å². The maximum absolute atomic E-state index is 14.5. The number of hydrogen-bond donors (Lipinski definition) is 0. The molecule has 0 radical (unpaired) electrons. The van der Waals surface area contributed by atoms with Gasteiger partial charge in [-0.3, -0.25) is 9.55 Å². The summed E-state index contributed by atoms with van der Waals surface area (Å²) in [5, 5.41) is 0. The number of aromatic nitrogens is 3. The van der Waals surface area contributed by atoms with E-state index >= 15 is 0 Å². The average Bonchev–Trinajstić information content (AvgIpc) is 3.37. The van der Waals surface area contributed by atoms with Crippen molar-refractivity contribution in [2.24, 2.45) is 0 Å². The van der Waals surface area contributed by atoms with Gasteiger partial charge >= 0.3 is 11.9 Å². The number of alkyl halides is 3. The van der Waals surface area contributed by atoms with E-state index in [2.05, 4.69) is 9.97 Å². The average molecular weight is 482 g/mol. The molecule has 3 aromatic rings. The summed E-state index contributed by atoms with van der Waals surface area (Å²) in [6.45, 7) is 1.16. The number of rotatable bonds is 5. The van der Waals surface area contributed by atoms with Gasteiger partial charge in [-0.05, 0) is 23.8 Å². The highest BCUT2D eigenvalue weighted by atomic mass is 19.4. The molecule has 34 heavy (non-hydrogen) atoms. The van der Waals surface area contributed by atoms with Crippen molar-refractivity contribution >= 4 is 5.82 Å². The van der Waals surface area contributed by atoms with Crippen LogP contribution in [-0.2, 0) is 24.1 Å². The predicted octanol–water partition coefficient (Wildman–Crippen LogP) is 3.48. The van der Waals surface area contributed by atoms with Crippen LogP contribution in [0.15, 0.2) is 41.3 Å². The second-order valence-electron chi connectivity index (χ2n) is 7.52. The summed E-state index contributed by atoms with van der Waals surface area (Å²) in [4.78, 5) is 21.1. The fourth-order valence-electron chi connectivity index (χ4n) is 3.75. The largest absolute Gasteiger partial charge is 0.473 e. The van der Waals surface area contributed by atoms with Crippen LogP contribution in [0.2, 0.25) is 0 Å². The third-order valence-corrected chi connectivity index (χ3v) is 5.28. The van der Waals surface area contributed by atoms with Gasteiger partial charge in [0.05, 0.1) is 13.2 Å². The van der Waals surface area contributed by atoms with Gasteiger partial charge in [0.2, 0.25) is 5.88 Å². The lowest BCUT2D eigenvalue weighted by Crippen LogP contribution is -2.25. The highest BCUT2D eigenvalue weighted by Crippen LogP contribution is 2.34. The second-order valence-corrected chi connectivity index (χ2v) is 7.52. The minimum Gasteiger partial charge on any atom is -0.473 e. The summed E-state index contributed by atoms with van der Waals surface area (Å²) in [7, 11) is 0. The molecule has 1 atom stereocenters. The molecule has 1 saturated heterocycles. The van der Waals surface area contributed by atoms with Crippen LogP contribution in [0.3, 0.4) is 0 Å². The first-order chi connectivity index (χ1) is 16.2. The molecule has 2 aliphatic heterocycles. The van der Waals surface area contributed by atoms with Gasteiger partial charge < -0.3 is 19.1 Å². The SMILES string of the molecule is O=c1nc(OCc2cc(F)c(Oc3ccnc(C(F)(F)F)c3)c(F)c2)cc2n1CC1OCCN21. The van der Waals surface area contributed by atoms with E-state index in [0.717, 1.165) is 24.4 Å². The van der Waals surface area contributed by atoms with Crippen LogP contribution in [0.25, 0.3) is 0 Å². The van der Waals surface area contributed by atoms with Gasteiger partial charge in [0.15, 0.2) is 17.4 Å². The second kappa shape index (κ2) is 8.24. The zero-order valence-corrected chi connectivity index (χ0v) is 17.2. The van der Waals surface area contributed by atoms with E-state index in [1.165, 1.54) is 4.57 Å². The Kier molecular flexibility index (Phi) is 5.35. The summed E-state index contributed by atoms with van der Waals surface area (Å²) < 4.78 is 84.8. The van der Waals surface area contributed by atoms with Crippen molar-refractivity contribution in [3.63, 3.8) is 0 Å². The van der Waals surface area contributed by atoms with Crippen LogP contribution in [-0.4, -0.2) is 33.9 Å². The molecule has 2 aliphatic rings. The number of halogens is 5. The molecule has 4 heterocycles. The number of ether oxygens (including phenoxy) is 3. The third-order valence-electron chi connectivity index (χ3n) is 5.28. The summed E-state index contributed by atoms with van der Waals surface area (Å²) in [5.74, 6) is -3.06. The minimum atomic E-state index is -4.74. The first kappa shape index (κ1) is 22.1. The fourth-order valence-corrected chi connectivity index (χ4v) is 3.75. The molecule has 5 rings (SSSR count). The number of hydrogen-bond acceptors (Lipinski definition) is 7. The van der Waals surface area contributed by atoms with Gasteiger partial charge in [0.25, 0.3) is 0 Å². The standard InChI is InChI=1S/C21H15F5N4O4/c22-13-5-11(6-14(23)19(13)34-12-1-2-27-15(7-12)21(24,25)26)10-33-16-8-17-29-3-4-32-18(29)9-30(17)20(31)28-16/h1-2,5-8,18H,3-4,9-10H2. The van der Waals surface area contributed by atoms with Gasteiger partial charge in [-0.1, -0.05) is 0 Å². The van der Waals surface area contributed by atoms with Crippen molar-refractivity contribution < 1.29 is 36.2 Å². The molecule has 1 unspecified atom stereocenters. The van der Waals surface area contributed by atoms with Crippen LogP contribution < -0.4 is 20.1 Å². The molecule has 13 heteroatoms. The molecule has 1 aromatic carbocycles. The lowest BCUT2D eigenvalue weighted by molar-refractivity contribution is -0.141. The molecule has 8 nitrogen and oxygen atoms in total. The van der Waals surface area contributed by atoms with Crippen LogP contribution >= 0.6 is 0 Å². The van der Waals surface area contributed by atoms with Gasteiger partial charge in [0.1, 0.15) is 30.1 Å². The topological polar surface area (TPSA) is 78.7 Å². The Labute approximate surface area is 188 Å². The van der Waals surface area contributed by atoms with Crippen molar-refractivity contribution in [1.82, 2.24) is 14.5 Å². The van der Waals surface area contributed by atoms with Crippen molar-refractivity contribution in [1.29, 1.82) is 0 Å². The summed E-state index contributed by atoms with van der Waals surface area (Å²) in [5.41, 5.74) is -1.75. The number of anilines is 1. The molecule has 0 amide bonds. The van der Waals surface area contributed by atoms with Crippen LogP contribution in [0.5, 0.6) is 17.4 Å². The van der Waals surface area contributed by atoms with E-state index in [0.29, 0.717) is 31.6 Å². The Morgan fingerprint density at radius 3 is 2.65 bits per heavy atom. The molecule has 2 aromatic heterocycles. The molecule has 0 bridgehead atoms. The quantitative estimate of drug-likeness (QED) is 0.516. The van der Waals surface area contributed by atoms with E-state index in [-0.39, 0.29) is 24.3 Å². The Bertz CT molecular complexity index is 1290. The highest BCUT2D eigenvalue weighted by Gasteiger charge is 2.35. The van der Waals surface area contributed by atoms with Gasteiger partial charge in [-0.2, -0.15) is 18.2 Å². The van der Waals surface area contributed by atoms with Crippen molar-refractivity contribution in [3.05, 3.63) is 69.9 Å². The normalized spacial score (nSPS) is 17.0. The number of nitrogens with zero attached hydrogens (tertiary/aromatic N) is 4. The molecular weight excluding hydrogens is 467 g/mol. The van der Waals surface area contributed by atoms with E-state index in [9.17, 15) is 26.7 Å². The molecule has 0 saturated carbocycles. The molecule has 178 valence electrons.